The van der Waals surface area contributed by atoms with Gasteiger partial charge in [-0.25, -0.2) is 0 Å². The molecule has 0 saturated carbocycles. The third-order valence-corrected chi connectivity index (χ3v) is 7.83. The van der Waals surface area contributed by atoms with E-state index in [0.717, 1.165) is 30.3 Å². The van der Waals surface area contributed by atoms with Gasteiger partial charge in [0, 0.05) is 18.3 Å². The van der Waals surface area contributed by atoms with Crippen molar-refractivity contribution in [2.24, 2.45) is 10.2 Å². The molecule has 0 aliphatic rings. The molecule has 0 atom stereocenters. The lowest BCUT2D eigenvalue weighted by molar-refractivity contribution is 0.471. The number of phenols is 1. The first-order valence-electron chi connectivity index (χ1n) is 11.3. The smallest absolute Gasteiger partial charge is 0.315 e. The second-order valence-electron chi connectivity index (χ2n) is 8.47. The maximum atomic E-state index is 14.0. The standard InChI is InChI=1S/C21H19FN8O10S3/c22-19-26-20(24-5-6-41(32,33)34)28-21(27-19)25-11-2-4-16(43(38,39)40)14(8-11)29-30-18-13(23)3-1-10-7-12(42(35,36)37)9-15(31)17(10)18/h1-4,7-9,31H,5-6,23H2,(H,32,33,34)(H,35,36,37)(H,38,39,40)(H2,24,25,26,27,28). The summed E-state index contributed by atoms with van der Waals surface area (Å²) < 4.78 is 111. The van der Waals surface area contributed by atoms with Gasteiger partial charge in [-0.2, -0.15) is 44.6 Å². The topological polar surface area (TPSA) is 297 Å². The van der Waals surface area contributed by atoms with E-state index in [0.29, 0.717) is 0 Å². The number of phenolic OH excluding ortho intramolecular Hbond substituents is 1. The number of aromatic hydroxyl groups is 1. The van der Waals surface area contributed by atoms with Crippen molar-refractivity contribution >= 4 is 75.8 Å². The van der Waals surface area contributed by atoms with Crippen LogP contribution in [0.15, 0.2) is 62.5 Å². The minimum Gasteiger partial charge on any atom is -0.507 e. The lowest BCUT2D eigenvalue weighted by Crippen LogP contribution is -2.17. The molecule has 0 spiro atoms. The highest BCUT2D eigenvalue weighted by Gasteiger charge is 2.19. The Morgan fingerprint density at radius 3 is 2.21 bits per heavy atom. The van der Waals surface area contributed by atoms with Crippen LogP contribution in [0.2, 0.25) is 0 Å². The second-order valence-corrected chi connectivity index (χ2v) is 12.8. The van der Waals surface area contributed by atoms with Crippen molar-refractivity contribution < 1.29 is 48.4 Å². The van der Waals surface area contributed by atoms with Crippen LogP contribution in [0.4, 0.5) is 39.0 Å². The Kier molecular flexibility index (Phi) is 8.44. The monoisotopic (exact) mass is 658 g/mol. The van der Waals surface area contributed by atoms with Crippen LogP contribution in [0, 0.1) is 6.08 Å². The van der Waals surface area contributed by atoms with E-state index in [1.165, 1.54) is 12.1 Å². The average molecular weight is 659 g/mol. The number of hydrogen-bond donors (Lipinski definition) is 7. The molecule has 4 rings (SSSR count). The summed E-state index contributed by atoms with van der Waals surface area (Å²) in [6.45, 7) is -0.376. The predicted octanol–water partition coefficient (Wildman–Crippen LogP) is 2.40. The average Bonchev–Trinajstić information content (AvgIpc) is 2.86. The zero-order valence-electron chi connectivity index (χ0n) is 21.1. The van der Waals surface area contributed by atoms with Gasteiger partial charge >= 0.3 is 6.08 Å². The number of rotatable bonds is 10. The van der Waals surface area contributed by atoms with Gasteiger partial charge in [0.25, 0.3) is 30.4 Å². The fraction of sp³-hybridized carbons (Fsp3) is 0.0952. The zero-order valence-corrected chi connectivity index (χ0v) is 23.6. The Bertz CT molecular complexity index is 2110. The van der Waals surface area contributed by atoms with E-state index in [-0.39, 0.29) is 34.4 Å². The summed E-state index contributed by atoms with van der Waals surface area (Å²) in [6, 6.07) is 7.45. The quantitative estimate of drug-likeness (QED) is 0.0731. The Balaban J connectivity index is 1.73. The number of halogens is 1. The lowest BCUT2D eigenvalue weighted by atomic mass is 10.1. The van der Waals surface area contributed by atoms with E-state index < -0.39 is 75.3 Å². The van der Waals surface area contributed by atoms with Crippen molar-refractivity contribution in [3.8, 4) is 5.75 Å². The molecule has 0 saturated heterocycles. The van der Waals surface area contributed by atoms with Gasteiger partial charge in [-0.3, -0.25) is 13.7 Å². The van der Waals surface area contributed by atoms with Crippen molar-refractivity contribution in [3.63, 3.8) is 0 Å². The van der Waals surface area contributed by atoms with E-state index in [4.69, 9.17) is 10.3 Å². The second kappa shape index (κ2) is 11.6. The van der Waals surface area contributed by atoms with Crippen LogP contribution in [0.5, 0.6) is 5.75 Å². The van der Waals surface area contributed by atoms with Crippen molar-refractivity contribution in [3.05, 3.63) is 48.5 Å². The highest BCUT2D eigenvalue weighted by atomic mass is 32.2. The molecule has 0 aliphatic carbocycles. The Morgan fingerprint density at radius 2 is 1.56 bits per heavy atom. The fourth-order valence-corrected chi connectivity index (χ4v) is 5.07. The van der Waals surface area contributed by atoms with E-state index >= 15 is 0 Å². The number of anilines is 4. The number of benzene rings is 3. The summed E-state index contributed by atoms with van der Waals surface area (Å²) in [5.41, 5.74) is 5.16. The van der Waals surface area contributed by atoms with Gasteiger partial charge in [0.15, 0.2) is 0 Å². The molecule has 3 aromatic carbocycles. The van der Waals surface area contributed by atoms with Crippen LogP contribution in [-0.2, 0) is 30.4 Å². The van der Waals surface area contributed by atoms with Crippen molar-refractivity contribution in [2.75, 3.05) is 28.7 Å². The lowest BCUT2D eigenvalue weighted by Gasteiger charge is -2.10. The first kappa shape index (κ1) is 31.3. The molecular formula is C21H19FN8O10S3. The molecule has 0 aliphatic heterocycles. The number of aromatic nitrogens is 3. The van der Waals surface area contributed by atoms with E-state index in [2.05, 4.69) is 35.8 Å². The first-order chi connectivity index (χ1) is 19.9. The molecule has 1 aromatic heterocycles. The number of nitrogens with two attached hydrogens (primary N) is 1. The molecule has 43 heavy (non-hydrogen) atoms. The van der Waals surface area contributed by atoms with Crippen molar-refractivity contribution in [2.45, 2.75) is 9.79 Å². The molecule has 22 heteroatoms. The van der Waals surface area contributed by atoms with Gasteiger partial charge in [0.05, 0.1) is 21.7 Å². The summed E-state index contributed by atoms with van der Waals surface area (Å²) in [5.74, 6) is -2.22. The van der Waals surface area contributed by atoms with Gasteiger partial charge in [0.2, 0.25) is 11.9 Å². The maximum absolute atomic E-state index is 14.0. The molecule has 4 aromatic rings. The molecule has 228 valence electrons. The van der Waals surface area contributed by atoms with Crippen LogP contribution in [-0.4, -0.2) is 71.3 Å². The van der Waals surface area contributed by atoms with Gasteiger partial charge < -0.3 is 21.5 Å². The number of fused-ring (bicyclic) bond motifs is 1. The largest absolute Gasteiger partial charge is 0.507 e. The fourth-order valence-electron chi connectivity index (χ4n) is 3.57. The van der Waals surface area contributed by atoms with Gasteiger partial charge in [-0.05, 0) is 35.7 Å². The molecule has 0 radical (unpaired) electrons. The predicted molar refractivity (Wildman–Crippen MR) is 148 cm³/mol. The Hall–Kier alpha value is -4.61. The molecular weight excluding hydrogens is 639 g/mol. The van der Waals surface area contributed by atoms with Gasteiger partial charge in [-0.1, -0.05) is 6.07 Å². The summed E-state index contributed by atoms with van der Waals surface area (Å²) in [6.07, 6.45) is -1.29. The number of nitrogens with one attached hydrogen (secondary N) is 2. The SMILES string of the molecule is Nc1ccc2cc(S(=O)(=O)O)cc(O)c2c1N=Nc1cc(Nc2nc(F)nc(NCCS(=O)(=O)O)n2)ccc1S(=O)(=O)O. The summed E-state index contributed by atoms with van der Waals surface area (Å²) in [4.78, 5) is 9.25. The zero-order chi connectivity index (χ0) is 31.7. The Morgan fingerprint density at radius 1 is 0.860 bits per heavy atom. The number of nitrogens with zero attached hydrogens (tertiary/aromatic N) is 5. The minimum atomic E-state index is -4.88. The third kappa shape index (κ3) is 7.82. The summed E-state index contributed by atoms with van der Waals surface area (Å²) in [5, 5.41) is 23.1. The van der Waals surface area contributed by atoms with Crippen LogP contribution >= 0.6 is 0 Å². The van der Waals surface area contributed by atoms with Crippen molar-refractivity contribution in [1.29, 1.82) is 0 Å². The molecule has 0 bridgehead atoms. The molecule has 8 N–H and O–H groups in total. The first-order valence-corrected chi connectivity index (χ1v) is 15.8. The van der Waals surface area contributed by atoms with Crippen molar-refractivity contribution in [1.82, 2.24) is 15.0 Å². The molecule has 18 nitrogen and oxygen atoms in total. The van der Waals surface area contributed by atoms with E-state index in [1.807, 2.05) is 0 Å². The molecule has 1 heterocycles. The highest BCUT2D eigenvalue weighted by molar-refractivity contribution is 7.86. The number of nitrogen functional groups attached to an aromatic ring is 1. The van der Waals surface area contributed by atoms with Gasteiger partial charge in [-0.15, -0.1) is 10.2 Å². The maximum Gasteiger partial charge on any atom is 0.315 e. The normalized spacial score (nSPS) is 12.6. The molecule has 0 unspecified atom stereocenters. The Labute approximate surface area is 241 Å². The number of azo groups is 1. The highest BCUT2D eigenvalue weighted by Crippen LogP contribution is 2.41. The third-order valence-electron chi connectivity index (χ3n) is 5.37. The van der Waals surface area contributed by atoms with E-state index in [1.54, 1.807) is 0 Å². The summed E-state index contributed by atoms with van der Waals surface area (Å²) >= 11 is 0. The molecule has 0 amide bonds. The van der Waals surface area contributed by atoms with Crippen LogP contribution in [0.1, 0.15) is 0 Å². The van der Waals surface area contributed by atoms with Crippen LogP contribution in [0.25, 0.3) is 10.8 Å². The van der Waals surface area contributed by atoms with Gasteiger partial charge in [0.1, 0.15) is 22.0 Å². The number of hydrogen-bond acceptors (Lipinski definition) is 15. The summed E-state index contributed by atoms with van der Waals surface area (Å²) in [7, 11) is -13.9. The van der Waals surface area contributed by atoms with Crippen LogP contribution < -0.4 is 16.4 Å². The minimum absolute atomic E-state index is 0.0117. The molecule has 0 fully saturated rings. The van der Waals surface area contributed by atoms with E-state index in [9.17, 15) is 43.9 Å². The van der Waals surface area contributed by atoms with Crippen LogP contribution in [0.3, 0.4) is 0 Å².